The van der Waals surface area contributed by atoms with Gasteiger partial charge >= 0.3 is 0 Å². The lowest BCUT2D eigenvalue weighted by atomic mass is 10.3. The van der Waals surface area contributed by atoms with E-state index in [-0.39, 0.29) is 0 Å². The van der Waals surface area contributed by atoms with Gasteiger partial charge in [-0.05, 0) is 18.0 Å². The molecule has 4 nitrogen and oxygen atoms in total. The summed E-state index contributed by atoms with van der Waals surface area (Å²) in [6, 6.07) is 1.65. The predicted molar refractivity (Wildman–Crippen MR) is 48.1 cm³/mol. The van der Waals surface area contributed by atoms with Crippen molar-refractivity contribution >= 4 is 31.3 Å². The van der Waals surface area contributed by atoms with Crippen LogP contribution in [0.4, 0.5) is 11.4 Å². The van der Waals surface area contributed by atoms with Crippen LogP contribution in [0, 0.1) is 0 Å². The van der Waals surface area contributed by atoms with Crippen molar-refractivity contribution in [1.29, 1.82) is 0 Å². The zero-order valence-corrected chi connectivity index (χ0v) is 6.56. The molecule has 1 aromatic heterocycles. The zero-order valence-electron chi connectivity index (χ0n) is 5.74. The van der Waals surface area contributed by atoms with Gasteiger partial charge in [0.1, 0.15) is 5.03 Å². The highest BCUT2D eigenvalue weighted by molar-refractivity contribution is 7.97. The molecule has 5 N–H and O–H groups in total. The summed E-state index contributed by atoms with van der Waals surface area (Å²) in [5, 5.41) is 8.33. The fourth-order valence-corrected chi connectivity index (χ4v) is 0.944. The Balaban J connectivity index is 2.99. The van der Waals surface area contributed by atoms with Crippen LogP contribution in [0.2, 0.25) is 0 Å². The molecular weight excluding hydrogens is 159 g/mol. The number of nitrogens with two attached hydrogens (primary N) is 2. The van der Waals surface area contributed by atoms with E-state index in [2.05, 4.69) is 10.2 Å². The van der Waals surface area contributed by atoms with Crippen LogP contribution >= 0.6 is 11.9 Å². The molecule has 0 unspecified atom stereocenters. The van der Waals surface area contributed by atoms with Gasteiger partial charge in [0.05, 0.1) is 17.6 Å². The van der Waals surface area contributed by atoms with Crippen LogP contribution < -0.4 is 16.1 Å². The maximum Gasteiger partial charge on any atom is 0.222 e. The molecule has 1 rings (SSSR count). The van der Waals surface area contributed by atoms with Crippen molar-refractivity contribution < 1.29 is 0 Å². The first-order chi connectivity index (χ1) is 5.27. The third-order valence-electron chi connectivity index (χ3n) is 1.19. The fraction of sp³-hybridized carbons (Fsp3) is 0. The molecule has 0 spiro atoms. The quantitative estimate of drug-likeness (QED) is 0.429. The highest BCUT2D eigenvalue weighted by atomic mass is 32.2. The van der Waals surface area contributed by atoms with Gasteiger partial charge in [-0.25, -0.2) is 4.98 Å². The lowest BCUT2D eigenvalue weighted by molar-refractivity contribution is 1.14. The minimum atomic E-state index is 0.537. The Labute approximate surface area is 70.3 Å². The largest absolute Gasteiger partial charge is 0.434 e. The standard InChI is InChI=1S/C5H7BN4S/c6-10-4-2-9-5(11-8)1-3(4)7/h1-2,10H,8H2,(H2,7,9). The van der Waals surface area contributed by atoms with E-state index in [9.17, 15) is 0 Å². The average molecular weight is 166 g/mol. The Bertz CT molecular complexity index is 254. The van der Waals surface area contributed by atoms with Crippen molar-refractivity contribution in [3.63, 3.8) is 0 Å². The van der Waals surface area contributed by atoms with Crippen molar-refractivity contribution in [2.24, 2.45) is 5.14 Å². The van der Waals surface area contributed by atoms with Gasteiger partial charge in [0.15, 0.2) is 0 Å². The lowest BCUT2D eigenvalue weighted by Gasteiger charge is -2.04. The van der Waals surface area contributed by atoms with E-state index >= 15 is 0 Å². The minimum Gasteiger partial charge on any atom is -0.434 e. The van der Waals surface area contributed by atoms with E-state index in [1.807, 2.05) is 0 Å². The molecule has 0 aliphatic rings. The van der Waals surface area contributed by atoms with Crippen molar-refractivity contribution in [2.45, 2.75) is 5.03 Å². The summed E-state index contributed by atoms with van der Waals surface area (Å²) in [5.74, 6) is 0. The molecule has 0 amide bonds. The van der Waals surface area contributed by atoms with E-state index in [4.69, 9.17) is 18.9 Å². The first kappa shape index (κ1) is 8.22. The second-order valence-corrected chi connectivity index (χ2v) is 2.53. The second-order valence-electron chi connectivity index (χ2n) is 1.87. The number of hydrogen-bond acceptors (Lipinski definition) is 5. The monoisotopic (exact) mass is 166 g/mol. The first-order valence-corrected chi connectivity index (χ1v) is 3.74. The molecule has 0 saturated heterocycles. The van der Waals surface area contributed by atoms with Gasteiger partial charge < -0.3 is 11.0 Å². The Morgan fingerprint density at radius 2 is 2.36 bits per heavy atom. The predicted octanol–water partition coefficient (Wildman–Crippen LogP) is 0.125. The van der Waals surface area contributed by atoms with E-state index < -0.39 is 0 Å². The van der Waals surface area contributed by atoms with Crippen molar-refractivity contribution in [2.75, 3.05) is 11.0 Å². The molecule has 1 aromatic rings. The molecule has 6 heteroatoms. The summed E-state index contributed by atoms with van der Waals surface area (Å²) in [6.45, 7) is 0. The number of aromatic nitrogens is 1. The van der Waals surface area contributed by atoms with Gasteiger partial charge in [-0.3, -0.25) is 5.14 Å². The van der Waals surface area contributed by atoms with Gasteiger partial charge in [-0.2, -0.15) is 0 Å². The topological polar surface area (TPSA) is 77.0 Å². The summed E-state index contributed by atoms with van der Waals surface area (Å²) in [4.78, 5) is 3.94. The van der Waals surface area contributed by atoms with Gasteiger partial charge in [0.2, 0.25) is 7.98 Å². The Kier molecular flexibility index (Phi) is 2.61. The highest BCUT2D eigenvalue weighted by Gasteiger charge is 1.98. The van der Waals surface area contributed by atoms with Crippen molar-refractivity contribution in [1.82, 2.24) is 4.98 Å². The Morgan fingerprint density at radius 1 is 1.64 bits per heavy atom. The number of anilines is 2. The van der Waals surface area contributed by atoms with Gasteiger partial charge in [0.25, 0.3) is 0 Å². The van der Waals surface area contributed by atoms with Crippen molar-refractivity contribution in [3.05, 3.63) is 12.3 Å². The molecule has 0 atom stereocenters. The van der Waals surface area contributed by atoms with Crippen LogP contribution in [0.25, 0.3) is 0 Å². The van der Waals surface area contributed by atoms with Gasteiger partial charge in [0, 0.05) is 0 Å². The number of nitrogens with one attached hydrogen (secondary N) is 1. The molecule has 0 aliphatic heterocycles. The Morgan fingerprint density at radius 3 is 2.82 bits per heavy atom. The van der Waals surface area contributed by atoms with Crippen LogP contribution in [0.5, 0.6) is 0 Å². The molecule has 0 saturated carbocycles. The van der Waals surface area contributed by atoms with Crippen LogP contribution in [-0.4, -0.2) is 13.0 Å². The zero-order chi connectivity index (χ0) is 8.27. The van der Waals surface area contributed by atoms with Gasteiger partial charge in [-0.15, -0.1) is 0 Å². The summed E-state index contributed by atoms with van der Waals surface area (Å²) in [7, 11) is 5.13. The number of nitrogens with zero attached hydrogens (tertiary/aromatic N) is 1. The summed E-state index contributed by atoms with van der Waals surface area (Å²) >= 11 is 1.04. The van der Waals surface area contributed by atoms with Crippen molar-refractivity contribution in [3.8, 4) is 0 Å². The third-order valence-corrected chi connectivity index (χ3v) is 1.65. The number of pyridine rings is 1. The van der Waals surface area contributed by atoms with Crippen LogP contribution in [0.1, 0.15) is 0 Å². The van der Waals surface area contributed by atoms with E-state index in [1.54, 1.807) is 6.07 Å². The molecule has 0 aromatic carbocycles. The maximum absolute atomic E-state index is 5.56. The van der Waals surface area contributed by atoms with Crippen LogP contribution in [0.15, 0.2) is 17.3 Å². The normalized spacial score (nSPS) is 9.55. The average Bonchev–Trinajstić information content (AvgIpc) is 2.04. The molecule has 0 fully saturated rings. The molecule has 0 bridgehead atoms. The highest BCUT2D eigenvalue weighted by Crippen LogP contribution is 2.19. The smallest absolute Gasteiger partial charge is 0.222 e. The van der Waals surface area contributed by atoms with Crippen LogP contribution in [-0.2, 0) is 0 Å². The summed E-state index contributed by atoms with van der Waals surface area (Å²) in [5.41, 5.74) is 6.69. The summed E-state index contributed by atoms with van der Waals surface area (Å²) < 4.78 is 0. The molecule has 56 valence electrons. The van der Waals surface area contributed by atoms with E-state index in [0.717, 1.165) is 11.9 Å². The first-order valence-electron chi connectivity index (χ1n) is 2.87. The second kappa shape index (κ2) is 3.50. The van der Waals surface area contributed by atoms with Gasteiger partial charge in [-0.1, -0.05) is 0 Å². The maximum atomic E-state index is 5.56. The van der Waals surface area contributed by atoms with E-state index in [0.29, 0.717) is 16.4 Å². The Hall–Kier alpha value is -0.875. The number of hydrogen-bond donors (Lipinski definition) is 3. The summed E-state index contributed by atoms with van der Waals surface area (Å²) in [6.07, 6.45) is 1.53. The molecule has 2 radical (unpaired) electrons. The van der Waals surface area contributed by atoms with Crippen LogP contribution in [0.3, 0.4) is 0 Å². The molecule has 1 heterocycles. The molecule has 0 aliphatic carbocycles. The number of rotatable bonds is 2. The molecular formula is C5H7BN4S. The van der Waals surface area contributed by atoms with E-state index in [1.165, 1.54) is 6.20 Å². The lowest BCUT2D eigenvalue weighted by Crippen LogP contribution is -1.98. The SMILES string of the molecule is [B]Nc1cnc(SN)cc1N. The minimum absolute atomic E-state index is 0.537. The third kappa shape index (κ3) is 1.78. The number of nitrogen functional groups attached to an aromatic ring is 1. The fourth-order valence-electron chi connectivity index (χ4n) is 0.636. The molecule has 11 heavy (non-hydrogen) atoms.